The minimum absolute atomic E-state index is 0.0789. The van der Waals surface area contributed by atoms with Crippen LogP contribution in [0.15, 0.2) is 48.5 Å². The number of piperidine rings is 1. The summed E-state index contributed by atoms with van der Waals surface area (Å²) in [6, 6.07) is 14.8. The first-order valence-electron chi connectivity index (χ1n) is 12.0. The third-order valence-electron chi connectivity index (χ3n) is 5.72. The summed E-state index contributed by atoms with van der Waals surface area (Å²) in [7, 11) is 0. The highest BCUT2D eigenvalue weighted by molar-refractivity contribution is 5.66. The largest absolute Gasteiger partial charge is 0.463 e. The van der Waals surface area contributed by atoms with Crippen LogP contribution in [0.2, 0.25) is 0 Å². The number of para-hydroxylation sites is 2. The van der Waals surface area contributed by atoms with Gasteiger partial charge in [-0.15, -0.1) is 0 Å². The van der Waals surface area contributed by atoms with Gasteiger partial charge in [-0.25, -0.2) is 0 Å². The van der Waals surface area contributed by atoms with Crippen LogP contribution < -0.4 is 26.0 Å². The first kappa shape index (κ1) is 27.9. The number of aliphatic hydroxyl groups excluding tert-OH is 1. The average molecular weight is 488 g/mol. The molecular weight excluding hydrogens is 450 g/mol. The summed E-state index contributed by atoms with van der Waals surface area (Å²) in [6.07, 6.45) is 4.25. The monoisotopic (exact) mass is 487 g/mol. The second-order valence-electron chi connectivity index (χ2n) is 8.24. The first-order valence-corrected chi connectivity index (χ1v) is 12.0. The molecule has 3 rings (SSSR count). The molecule has 192 valence electrons. The highest BCUT2D eigenvalue weighted by Gasteiger charge is 2.23. The van der Waals surface area contributed by atoms with E-state index in [0.29, 0.717) is 19.0 Å². The highest BCUT2D eigenvalue weighted by atomic mass is 16.6. The molecule has 0 aliphatic carbocycles. The number of aliphatic hydroxyl groups is 1. The van der Waals surface area contributed by atoms with Gasteiger partial charge in [0.2, 0.25) is 6.41 Å². The fourth-order valence-electron chi connectivity index (χ4n) is 3.85. The molecule has 0 bridgehead atoms. The van der Waals surface area contributed by atoms with Crippen LogP contribution in [0, 0.1) is 10.1 Å². The van der Waals surface area contributed by atoms with E-state index in [1.807, 2.05) is 18.2 Å². The summed E-state index contributed by atoms with van der Waals surface area (Å²) in [5.41, 5.74) is 6.60. The zero-order valence-electron chi connectivity index (χ0n) is 20.3. The fourth-order valence-corrected chi connectivity index (χ4v) is 3.85. The van der Waals surface area contributed by atoms with Crippen molar-refractivity contribution in [3.05, 3.63) is 58.6 Å². The predicted molar refractivity (Wildman–Crippen MR) is 137 cm³/mol. The van der Waals surface area contributed by atoms with E-state index in [-0.39, 0.29) is 17.1 Å². The van der Waals surface area contributed by atoms with Gasteiger partial charge in [0.15, 0.2) is 17.7 Å². The van der Waals surface area contributed by atoms with E-state index in [1.54, 1.807) is 0 Å². The van der Waals surface area contributed by atoms with Gasteiger partial charge in [-0.3, -0.25) is 14.9 Å². The molecule has 5 N–H and O–H groups in total. The number of carbonyl (C=O) groups excluding carboxylic acids is 1. The van der Waals surface area contributed by atoms with Gasteiger partial charge >= 0.3 is 0 Å². The lowest BCUT2D eigenvalue weighted by molar-refractivity contribution is -0.384. The van der Waals surface area contributed by atoms with Gasteiger partial charge in [-0.1, -0.05) is 37.6 Å². The van der Waals surface area contributed by atoms with Gasteiger partial charge < -0.3 is 31.1 Å². The number of nitrogens with one attached hydrogen (secondary N) is 2. The zero-order chi connectivity index (χ0) is 25.5. The van der Waals surface area contributed by atoms with Crippen LogP contribution in [0.1, 0.15) is 39.0 Å². The quantitative estimate of drug-likeness (QED) is 0.0893. The number of ether oxygens (including phenoxy) is 1. The Morgan fingerprint density at radius 3 is 2.60 bits per heavy atom. The molecule has 1 amide bonds. The normalized spacial score (nSPS) is 14.2. The molecule has 0 spiro atoms. The van der Waals surface area contributed by atoms with Crippen LogP contribution in [0.5, 0.6) is 5.75 Å². The molecule has 2 aromatic carbocycles. The molecule has 1 unspecified atom stereocenters. The zero-order valence-corrected chi connectivity index (χ0v) is 20.3. The minimum Gasteiger partial charge on any atom is -0.463 e. The number of nitrogens with zero attached hydrogens (tertiary/aromatic N) is 2. The molecule has 1 atom stereocenters. The molecule has 0 aromatic heterocycles. The molecule has 1 heterocycles. The van der Waals surface area contributed by atoms with Gasteiger partial charge in [-0.05, 0) is 50.6 Å². The average Bonchev–Trinajstić information content (AvgIpc) is 2.87. The molecule has 1 aliphatic rings. The Labute approximate surface area is 206 Å². The number of nitro groups is 1. The number of unbranched alkanes of at least 4 members (excludes halogenated alkanes) is 1. The Kier molecular flexibility index (Phi) is 12.4. The minimum atomic E-state index is -1.11. The molecule has 1 fully saturated rings. The van der Waals surface area contributed by atoms with Crippen LogP contribution in [0.3, 0.4) is 0 Å². The van der Waals surface area contributed by atoms with Crippen molar-refractivity contribution in [3.8, 4) is 5.75 Å². The van der Waals surface area contributed by atoms with E-state index in [9.17, 15) is 20.0 Å². The second kappa shape index (κ2) is 15.5. The van der Waals surface area contributed by atoms with Crippen molar-refractivity contribution >= 4 is 23.5 Å². The summed E-state index contributed by atoms with van der Waals surface area (Å²) in [5, 5.41) is 27.3. The topological polar surface area (TPSA) is 143 Å². The molecule has 35 heavy (non-hydrogen) atoms. The fraction of sp³-hybridized carbons (Fsp3) is 0.480. The molecule has 0 saturated carbocycles. The van der Waals surface area contributed by atoms with Crippen molar-refractivity contribution in [2.45, 2.75) is 51.4 Å². The van der Waals surface area contributed by atoms with Gasteiger partial charge in [0.25, 0.3) is 5.69 Å². The Morgan fingerprint density at radius 2 is 1.97 bits per heavy atom. The number of anilines is 2. The number of benzene rings is 2. The van der Waals surface area contributed by atoms with Crippen LogP contribution in [-0.2, 0) is 4.79 Å². The number of carbonyl (C=O) groups is 1. The SMILES string of the molecule is CCCCNC=O.Nc1c(OC(O)CCN(c2ccccc2)C2CCNCC2)cccc1[N+](=O)[O-]. The summed E-state index contributed by atoms with van der Waals surface area (Å²) in [4.78, 5) is 22.3. The number of amides is 1. The van der Waals surface area contributed by atoms with E-state index in [1.165, 1.54) is 18.2 Å². The standard InChI is InChI=1S/C20H26N4O4.C5H11NO/c21-20-17(24(26)27)7-4-8-18(20)28-19(25)11-14-23(15-5-2-1-3-6-15)16-9-12-22-13-10-16;1-2-3-4-6-5-7/h1-8,16,19,22,25H,9-14,21H2;5H,2-4H2,1H3,(H,6,7). The Morgan fingerprint density at radius 1 is 1.26 bits per heavy atom. The van der Waals surface area contributed by atoms with E-state index in [0.717, 1.165) is 57.4 Å². The van der Waals surface area contributed by atoms with Gasteiger partial charge in [-0.2, -0.15) is 0 Å². The Balaban J connectivity index is 0.000000540. The van der Waals surface area contributed by atoms with Crippen molar-refractivity contribution < 1.29 is 19.6 Å². The van der Waals surface area contributed by atoms with Gasteiger partial charge in [0.05, 0.1) is 4.92 Å². The number of hydrogen-bond donors (Lipinski definition) is 4. The van der Waals surface area contributed by atoms with E-state index in [4.69, 9.17) is 10.5 Å². The summed E-state index contributed by atoms with van der Waals surface area (Å²) >= 11 is 0. The predicted octanol–water partition coefficient (Wildman–Crippen LogP) is 3.06. The molecule has 10 nitrogen and oxygen atoms in total. The summed E-state index contributed by atoms with van der Waals surface area (Å²) in [5.74, 6) is 0.120. The summed E-state index contributed by atoms with van der Waals surface area (Å²) in [6.45, 7) is 5.45. The van der Waals surface area contributed by atoms with Crippen molar-refractivity contribution in [2.75, 3.05) is 36.8 Å². The third kappa shape index (κ3) is 9.42. The molecule has 1 aliphatic heterocycles. The molecule has 2 aromatic rings. The molecule has 0 radical (unpaired) electrons. The lowest BCUT2D eigenvalue weighted by Gasteiger charge is -2.37. The van der Waals surface area contributed by atoms with Gasteiger partial charge in [0.1, 0.15) is 0 Å². The van der Waals surface area contributed by atoms with E-state index < -0.39 is 11.2 Å². The number of nitro benzene ring substituents is 1. The number of hydrogen-bond acceptors (Lipinski definition) is 8. The maximum atomic E-state index is 11.0. The number of nitrogen functional groups attached to an aromatic ring is 1. The Hall–Kier alpha value is -3.37. The van der Waals surface area contributed by atoms with Gasteiger partial charge in [0, 0.05) is 37.3 Å². The van der Waals surface area contributed by atoms with Crippen molar-refractivity contribution in [1.82, 2.24) is 10.6 Å². The van der Waals surface area contributed by atoms with E-state index in [2.05, 4.69) is 34.6 Å². The molecule has 1 saturated heterocycles. The van der Waals surface area contributed by atoms with Crippen LogP contribution in [-0.4, -0.2) is 55.0 Å². The smallest absolute Gasteiger partial charge is 0.295 e. The number of rotatable bonds is 12. The van der Waals surface area contributed by atoms with Crippen LogP contribution in [0.4, 0.5) is 17.1 Å². The maximum Gasteiger partial charge on any atom is 0.295 e. The lowest BCUT2D eigenvalue weighted by atomic mass is 10.0. The highest BCUT2D eigenvalue weighted by Crippen LogP contribution is 2.31. The molecular formula is C25H37N5O5. The van der Waals surface area contributed by atoms with Crippen LogP contribution >= 0.6 is 0 Å². The van der Waals surface area contributed by atoms with Crippen LogP contribution in [0.25, 0.3) is 0 Å². The second-order valence-corrected chi connectivity index (χ2v) is 8.24. The molecule has 10 heteroatoms. The third-order valence-corrected chi connectivity index (χ3v) is 5.72. The van der Waals surface area contributed by atoms with Crippen molar-refractivity contribution in [2.24, 2.45) is 0 Å². The van der Waals surface area contributed by atoms with E-state index >= 15 is 0 Å². The van der Waals surface area contributed by atoms with Crippen molar-refractivity contribution in [3.63, 3.8) is 0 Å². The lowest BCUT2D eigenvalue weighted by Crippen LogP contribution is -2.44. The summed E-state index contributed by atoms with van der Waals surface area (Å²) < 4.78 is 5.50. The maximum absolute atomic E-state index is 11.0. The first-order chi connectivity index (χ1) is 17.0. The van der Waals surface area contributed by atoms with Crippen molar-refractivity contribution in [1.29, 1.82) is 0 Å². The Bertz CT molecular complexity index is 893. The number of nitrogens with two attached hydrogens (primary N) is 1.